The van der Waals surface area contributed by atoms with Gasteiger partial charge in [-0.1, -0.05) is 20.8 Å². The van der Waals surface area contributed by atoms with Crippen LogP contribution in [0.2, 0.25) is 0 Å². The highest BCUT2D eigenvalue weighted by Crippen LogP contribution is 2.30. The predicted molar refractivity (Wildman–Crippen MR) is 84.3 cm³/mol. The molecule has 0 bridgehead atoms. The Hall–Kier alpha value is -1.72. The highest BCUT2D eigenvalue weighted by Gasteiger charge is 2.43. The number of ether oxygens (including phenoxy) is 2. The number of hydrogen-bond acceptors (Lipinski definition) is 6. The van der Waals surface area contributed by atoms with Crippen LogP contribution in [0.1, 0.15) is 66.7 Å². The molecular formula is C17H27O6. The maximum Gasteiger partial charge on any atom is 0.306 e. The molecule has 0 aromatic rings. The smallest absolute Gasteiger partial charge is 0.306 e. The summed E-state index contributed by atoms with van der Waals surface area (Å²) in [4.78, 5) is 46.3. The maximum atomic E-state index is 12.3. The lowest BCUT2D eigenvalue weighted by atomic mass is 9.84. The fraction of sp³-hybridized carbons (Fsp3) is 0.765. The number of esters is 2. The molecule has 0 amide bonds. The van der Waals surface area contributed by atoms with Gasteiger partial charge in [-0.05, 0) is 26.2 Å². The molecule has 6 heteroatoms. The molecule has 0 saturated carbocycles. The Balaban J connectivity index is 5.36. The van der Waals surface area contributed by atoms with Crippen molar-refractivity contribution in [3.63, 3.8) is 0 Å². The summed E-state index contributed by atoms with van der Waals surface area (Å²) in [7, 11) is 0. The van der Waals surface area contributed by atoms with Crippen LogP contribution < -0.4 is 0 Å². The first-order valence-electron chi connectivity index (χ1n) is 8.05. The molecule has 3 atom stereocenters. The first kappa shape index (κ1) is 21.3. The van der Waals surface area contributed by atoms with Gasteiger partial charge in [0.1, 0.15) is 11.9 Å². The number of ketones is 1. The zero-order valence-electron chi connectivity index (χ0n) is 14.6. The van der Waals surface area contributed by atoms with Gasteiger partial charge in [0.2, 0.25) is 6.29 Å². The lowest BCUT2D eigenvalue weighted by Gasteiger charge is -2.37. The maximum absolute atomic E-state index is 12.3. The number of rotatable bonds is 11. The fourth-order valence-electron chi connectivity index (χ4n) is 2.40. The second-order valence-corrected chi connectivity index (χ2v) is 5.62. The van der Waals surface area contributed by atoms with Gasteiger partial charge in [0.25, 0.3) is 0 Å². The van der Waals surface area contributed by atoms with Crippen LogP contribution in [0.5, 0.6) is 0 Å². The third kappa shape index (κ3) is 6.50. The van der Waals surface area contributed by atoms with Gasteiger partial charge in [-0.3, -0.25) is 19.2 Å². The first-order chi connectivity index (χ1) is 10.8. The molecule has 0 saturated heterocycles. The number of hydrogen-bond donors (Lipinski definition) is 0. The van der Waals surface area contributed by atoms with E-state index in [4.69, 9.17) is 9.47 Å². The number of carbonyl (C=O) groups excluding carboxylic acids is 4. The number of Topliss-reactive ketones (excluding diaryl/α,β-unsaturated/α-hetero) is 1. The molecule has 131 valence electrons. The molecule has 0 N–H and O–H groups in total. The SMILES string of the molecule is CCCC(=O)OC(C)C(CC)(CC(=O)C([C]=O)CC)OC(C)=O. The minimum atomic E-state index is -1.27. The molecule has 0 heterocycles. The third-order valence-electron chi connectivity index (χ3n) is 3.86. The van der Waals surface area contributed by atoms with Crippen molar-refractivity contribution in [2.24, 2.45) is 5.92 Å². The van der Waals surface area contributed by atoms with Crippen LogP contribution in [0, 0.1) is 5.92 Å². The van der Waals surface area contributed by atoms with E-state index in [1.54, 1.807) is 27.1 Å². The summed E-state index contributed by atoms with van der Waals surface area (Å²) in [6.07, 6.45) is 2.23. The second-order valence-electron chi connectivity index (χ2n) is 5.62. The van der Waals surface area contributed by atoms with Crippen LogP contribution in [0.4, 0.5) is 0 Å². The summed E-state index contributed by atoms with van der Waals surface area (Å²) in [5.41, 5.74) is -1.27. The Morgan fingerprint density at radius 1 is 1.17 bits per heavy atom. The lowest BCUT2D eigenvalue weighted by Crippen LogP contribution is -2.48. The van der Waals surface area contributed by atoms with E-state index in [1.165, 1.54) is 6.92 Å². The number of carbonyl (C=O) groups is 3. The van der Waals surface area contributed by atoms with Crippen molar-refractivity contribution in [3.8, 4) is 0 Å². The van der Waals surface area contributed by atoms with Crippen molar-refractivity contribution in [1.29, 1.82) is 0 Å². The van der Waals surface area contributed by atoms with Gasteiger partial charge in [-0.15, -0.1) is 0 Å². The van der Waals surface area contributed by atoms with Crippen LogP contribution in [-0.2, 0) is 28.7 Å². The van der Waals surface area contributed by atoms with Gasteiger partial charge in [0, 0.05) is 13.3 Å². The van der Waals surface area contributed by atoms with Gasteiger partial charge in [0.05, 0.1) is 12.3 Å². The predicted octanol–water partition coefficient (Wildman–Crippen LogP) is 2.53. The zero-order chi connectivity index (χ0) is 18.0. The normalized spacial score (nSPS) is 15.9. The molecule has 23 heavy (non-hydrogen) atoms. The van der Waals surface area contributed by atoms with E-state index in [0.717, 1.165) is 0 Å². The van der Waals surface area contributed by atoms with E-state index in [-0.39, 0.29) is 25.0 Å². The molecule has 0 aromatic heterocycles. The molecule has 0 aromatic carbocycles. The average molecular weight is 327 g/mol. The molecule has 0 spiro atoms. The topological polar surface area (TPSA) is 86.7 Å². The van der Waals surface area contributed by atoms with E-state index < -0.39 is 29.6 Å². The molecule has 0 aliphatic rings. The molecule has 3 unspecified atom stereocenters. The van der Waals surface area contributed by atoms with Crippen molar-refractivity contribution in [2.75, 3.05) is 0 Å². The zero-order valence-corrected chi connectivity index (χ0v) is 14.6. The average Bonchev–Trinajstić information content (AvgIpc) is 2.47. The molecular weight excluding hydrogens is 300 g/mol. The highest BCUT2D eigenvalue weighted by atomic mass is 16.6. The van der Waals surface area contributed by atoms with E-state index in [0.29, 0.717) is 12.8 Å². The third-order valence-corrected chi connectivity index (χ3v) is 3.86. The van der Waals surface area contributed by atoms with Crippen LogP contribution >= 0.6 is 0 Å². The summed E-state index contributed by atoms with van der Waals surface area (Å²) in [6, 6.07) is 0. The molecule has 0 rings (SSSR count). The first-order valence-corrected chi connectivity index (χ1v) is 8.05. The van der Waals surface area contributed by atoms with Crippen LogP contribution in [0.3, 0.4) is 0 Å². The molecule has 1 radical (unpaired) electrons. The van der Waals surface area contributed by atoms with Crippen molar-refractivity contribution in [3.05, 3.63) is 0 Å². The summed E-state index contributed by atoms with van der Waals surface area (Å²) >= 11 is 0. The van der Waals surface area contributed by atoms with Gasteiger partial charge >= 0.3 is 11.9 Å². The summed E-state index contributed by atoms with van der Waals surface area (Å²) in [6.45, 7) is 8.13. The van der Waals surface area contributed by atoms with Gasteiger partial charge in [-0.2, -0.15) is 0 Å². The van der Waals surface area contributed by atoms with Gasteiger partial charge < -0.3 is 9.47 Å². The molecule has 6 nitrogen and oxygen atoms in total. The highest BCUT2D eigenvalue weighted by molar-refractivity contribution is 5.94. The molecule has 0 aliphatic carbocycles. The van der Waals surface area contributed by atoms with E-state index in [9.17, 15) is 19.2 Å². The van der Waals surface area contributed by atoms with E-state index >= 15 is 0 Å². The van der Waals surface area contributed by atoms with Gasteiger partial charge in [-0.25, -0.2) is 0 Å². The van der Waals surface area contributed by atoms with E-state index in [2.05, 4.69) is 0 Å². The molecule has 0 aliphatic heterocycles. The Morgan fingerprint density at radius 2 is 1.78 bits per heavy atom. The van der Waals surface area contributed by atoms with Crippen LogP contribution in [0.15, 0.2) is 0 Å². The fourth-order valence-corrected chi connectivity index (χ4v) is 2.40. The van der Waals surface area contributed by atoms with Crippen molar-refractivity contribution in [1.82, 2.24) is 0 Å². The molecule has 0 fully saturated rings. The minimum Gasteiger partial charge on any atom is -0.458 e. The second kappa shape index (κ2) is 10.1. The monoisotopic (exact) mass is 327 g/mol. The standard InChI is InChI=1S/C17H27O6/c1-6-9-16(21)22-12(4)17(8-3,23-13(5)19)10-15(20)14(7-2)11-18/h12,14H,6-10H2,1-5H3. The Bertz CT molecular complexity index is 431. The Kier molecular flexibility index (Phi) is 9.37. The van der Waals surface area contributed by atoms with Crippen molar-refractivity contribution >= 4 is 24.0 Å². The minimum absolute atomic E-state index is 0.183. The lowest BCUT2D eigenvalue weighted by molar-refractivity contribution is -0.186. The van der Waals surface area contributed by atoms with E-state index in [1.807, 2.05) is 6.92 Å². The van der Waals surface area contributed by atoms with Gasteiger partial charge in [0.15, 0.2) is 5.60 Å². The summed E-state index contributed by atoms with van der Waals surface area (Å²) in [5, 5.41) is 0. The largest absolute Gasteiger partial charge is 0.458 e. The summed E-state index contributed by atoms with van der Waals surface area (Å²) in [5.74, 6) is -2.22. The van der Waals surface area contributed by atoms with Crippen LogP contribution in [0.25, 0.3) is 0 Å². The Morgan fingerprint density at radius 3 is 2.17 bits per heavy atom. The van der Waals surface area contributed by atoms with Crippen molar-refractivity contribution in [2.45, 2.75) is 78.4 Å². The quantitative estimate of drug-likeness (QED) is 0.428. The summed E-state index contributed by atoms with van der Waals surface area (Å²) < 4.78 is 10.7. The van der Waals surface area contributed by atoms with Crippen molar-refractivity contribution < 1.29 is 28.7 Å². The van der Waals surface area contributed by atoms with Crippen LogP contribution in [-0.4, -0.2) is 35.7 Å². The Labute approximate surface area is 137 Å².